The van der Waals surface area contributed by atoms with E-state index in [1.165, 1.54) is 0 Å². The van der Waals surface area contributed by atoms with Crippen LogP contribution in [0.5, 0.6) is 0 Å². The Kier molecular flexibility index (Phi) is 5.45. The average molecular weight is 242 g/mol. The number of rotatable bonds is 6. The van der Waals surface area contributed by atoms with Crippen molar-refractivity contribution in [2.45, 2.75) is 51.9 Å². The van der Waals surface area contributed by atoms with Crippen molar-refractivity contribution in [3.8, 4) is 0 Å². The maximum Gasteiger partial charge on any atom is 0.307 e. The summed E-state index contributed by atoms with van der Waals surface area (Å²) < 4.78 is 0. The van der Waals surface area contributed by atoms with Crippen LogP contribution in [-0.2, 0) is 9.59 Å². The van der Waals surface area contributed by atoms with Gasteiger partial charge in [0.1, 0.15) is 0 Å². The van der Waals surface area contributed by atoms with Crippen LogP contribution >= 0.6 is 0 Å². The predicted octanol–water partition coefficient (Wildman–Crippen LogP) is 2.77. The van der Waals surface area contributed by atoms with Crippen molar-refractivity contribution in [2.24, 2.45) is 17.8 Å². The normalized spacial score (nSPS) is 20.8. The van der Waals surface area contributed by atoms with E-state index >= 15 is 0 Å². The topological polar surface area (TPSA) is 74.6 Å². The van der Waals surface area contributed by atoms with Crippen molar-refractivity contribution in [3.63, 3.8) is 0 Å². The number of hydrogen-bond donors (Lipinski definition) is 2. The van der Waals surface area contributed by atoms with Crippen LogP contribution in [0, 0.1) is 17.8 Å². The predicted molar refractivity (Wildman–Crippen MR) is 63.7 cm³/mol. The molecule has 0 aliphatic heterocycles. The molecule has 4 heteroatoms. The molecule has 0 saturated heterocycles. The van der Waals surface area contributed by atoms with Gasteiger partial charge >= 0.3 is 11.9 Å². The van der Waals surface area contributed by atoms with Crippen LogP contribution < -0.4 is 0 Å². The lowest BCUT2D eigenvalue weighted by Crippen LogP contribution is -2.36. The maximum absolute atomic E-state index is 11.4. The monoisotopic (exact) mass is 242 g/mol. The molecule has 0 bridgehead atoms. The first-order valence-electron chi connectivity index (χ1n) is 6.53. The Hall–Kier alpha value is -1.06. The van der Waals surface area contributed by atoms with Gasteiger partial charge in [0.2, 0.25) is 0 Å². The molecule has 1 saturated carbocycles. The third-order valence-electron chi connectivity index (χ3n) is 3.79. The molecule has 2 unspecified atom stereocenters. The third-order valence-corrected chi connectivity index (χ3v) is 3.79. The Balaban J connectivity index is 2.80. The van der Waals surface area contributed by atoms with Gasteiger partial charge in [-0.15, -0.1) is 0 Å². The molecule has 1 aliphatic rings. The second kappa shape index (κ2) is 6.62. The van der Waals surface area contributed by atoms with Crippen molar-refractivity contribution in [3.05, 3.63) is 0 Å². The van der Waals surface area contributed by atoms with Gasteiger partial charge in [0, 0.05) is 0 Å². The number of carboxylic acid groups (broad SMARTS) is 2. The van der Waals surface area contributed by atoms with E-state index in [0.717, 1.165) is 32.1 Å². The van der Waals surface area contributed by atoms with Crippen LogP contribution in [0.3, 0.4) is 0 Å². The fourth-order valence-corrected chi connectivity index (χ4v) is 2.96. The molecule has 0 spiro atoms. The van der Waals surface area contributed by atoms with E-state index in [1.54, 1.807) is 0 Å². The zero-order valence-electron chi connectivity index (χ0n) is 10.4. The molecule has 2 N–H and O–H groups in total. The molecular formula is C13H22O4. The minimum absolute atomic E-state index is 0.0499. The van der Waals surface area contributed by atoms with Crippen molar-refractivity contribution in [2.75, 3.05) is 0 Å². The highest BCUT2D eigenvalue weighted by atomic mass is 16.4. The quantitative estimate of drug-likeness (QED) is 0.751. The van der Waals surface area contributed by atoms with Crippen molar-refractivity contribution < 1.29 is 19.8 Å². The van der Waals surface area contributed by atoms with Crippen LogP contribution in [0.1, 0.15) is 51.9 Å². The van der Waals surface area contributed by atoms with E-state index in [-0.39, 0.29) is 5.92 Å². The molecule has 0 radical (unpaired) electrons. The van der Waals surface area contributed by atoms with Gasteiger partial charge in [-0.1, -0.05) is 32.6 Å². The molecule has 0 amide bonds. The highest BCUT2D eigenvalue weighted by molar-refractivity contribution is 5.80. The minimum atomic E-state index is -0.954. The first-order chi connectivity index (χ1) is 8.07. The van der Waals surface area contributed by atoms with Crippen LogP contribution in [-0.4, -0.2) is 22.2 Å². The molecule has 98 valence electrons. The second-order valence-corrected chi connectivity index (χ2v) is 5.00. The molecule has 17 heavy (non-hydrogen) atoms. The first-order valence-corrected chi connectivity index (χ1v) is 6.53. The number of hydrogen-bond acceptors (Lipinski definition) is 2. The smallest absolute Gasteiger partial charge is 0.307 e. The summed E-state index contributed by atoms with van der Waals surface area (Å²) in [5.74, 6) is -3.26. The van der Waals surface area contributed by atoms with Gasteiger partial charge in [-0.3, -0.25) is 9.59 Å². The van der Waals surface area contributed by atoms with Gasteiger partial charge in [-0.05, 0) is 25.2 Å². The van der Waals surface area contributed by atoms with Gasteiger partial charge in [0.05, 0.1) is 11.8 Å². The SMILES string of the molecule is CCCC(C(=O)O)C(C(=O)O)C1CCCCC1. The standard InChI is InChI=1S/C13H22O4/c1-2-6-10(12(14)15)11(13(16)17)9-7-4-3-5-8-9/h9-11H,2-8H2,1H3,(H,14,15)(H,16,17). The van der Waals surface area contributed by atoms with Gasteiger partial charge < -0.3 is 10.2 Å². The highest BCUT2D eigenvalue weighted by Gasteiger charge is 2.39. The third kappa shape index (κ3) is 3.72. The summed E-state index contributed by atoms with van der Waals surface area (Å²) in [7, 11) is 0. The fourth-order valence-electron chi connectivity index (χ4n) is 2.96. The summed E-state index contributed by atoms with van der Waals surface area (Å²) >= 11 is 0. The van der Waals surface area contributed by atoms with Crippen LogP contribution in [0.4, 0.5) is 0 Å². The summed E-state index contributed by atoms with van der Waals surface area (Å²) in [5, 5.41) is 18.5. The molecule has 4 nitrogen and oxygen atoms in total. The van der Waals surface area contributed by atoms with Crippen molar-refractivity contribution >= 4 is 11.9 Å². The zero-order chi connectivity index (χ0) is 12.8. The number of aliphatic carboxylic acids is 2. The lowest BCUT2D eigenvalue weighted by molar-refractivity contribution is -0.157. The number of carboxylic acids is 2. The Morgan fingerprint density at radius 3 is 2.12 bits per heavy atom. The molecular weight excluding hydrogens is 220 g/mol. The Morgan fingerprint density at radius 2 is 1.71 bits per heavy atom. The molecule has 0 aromatic carbocycles. The largest absolute Gasteiger partial charge is 0.481 e. The van der Waals surface area contributed by atoms with Crippen LogP contribution in [0.2, 0.25) is 0 Å². The maximum atomic E-state index is 11.4. The first kappa shape index (κ1) is 14.0. The second-order valence-electron chi connectivity index (χ2n) is 5.00. The zero-order valence-corrected chi connectivity index (χ0v) is 10.4. The van der Waals surface area contributed by atoms with E-state index in [4.69, 9.17) is 0 Å². The lowest BCUT2D eigenvalue weighted by Gasteiger charge is -2.31. The molecule has 1 aliphatic carbocycles. The van der Waals surface area contributed by atoms with E-state index in [1.807, 2.05) is 6.92 Å². The molecule has 1 fully saturated rings. The van der Waals surface area contributed by atoms with E-state index < -0.39 is 23.8 Å². The Bertz CT molecular complexity index is 269. The van der Waals surface area contributed by atoms with Crippen molar-refractivity contribution in [1.82, 2.24) is 0 Å². The summed E-state index contributed by atoms with van der Waals surface area (Å²) in [6.07, 6.45) is 6.12. The lowest BCUT2D eigenvalue weighted by atomic mass is 9.73. The summed E-state index contributed by atoms with van der Waals surface area (Å²) in [4.78, 5) is 22.6. The van der Waals surface area contributed by atoms with Crippen LogP contribution in [0.25, 0.3) is 0 Å². The fraction of sp³-hybridized carbons (Fsp3) is 0.846. The minimum Gasteiger partial charge on any atom is -0.481 e. The Labute approximate surface area is 102 Å². The molecule has 1 rings (SSSR count). The van der Waals surface area contributed by atoms with Gasteiger partial charge in [0.25, 0.3) is 0 Å². The van der Waals surface area contributed by atoms with Crippen molar-refractivity contribution in [1.29, 1.82) is 0 Å². The summed E-state index contributed by atoms with van der Waals surface area (Å²) in [6.45, 7) is 1.90. The van der Waals surface area contributed by atoms with E-state index in [2.05, 4.69) is 0 Å². The van der Waals surface area contributed by atoms with E-state index in [9.17, 15) is 19.8 Å². The molecule has 0 heterocycles. The van der Waals surface area contributed by atoms with Crippen LogP contribution in [0.15, 0.2) is 0 Å². The van der Waals surface area contributed by atoms with E-state index in [0.29, 0.717) is 12.8 Å². The van der Waals surface area contributed by atoms with Gasteiger partial charge in [-0.25, -0.2) is 0 Å². The molecule has 0 aromatic rings. The molecule has 2 atom stereocenters. The van der Waals surface area contributed by atoms with Gasteiger partial charge in [-0.2, -0.15) is 0 Å². The van der Waals surface area contributed by atoms with Gasteiger partial charge in [0.15, 0.2) is 0 Å². The Morgan fingerprint density at radius 1 is 1.12 bits per heavy atom. The average Bonchev–Trinajstić information content (AvgIpc) is 2.29. The summed E-state index contributed by atoms with van der Waals surface area (Å²) in [5.41, 5.74) is 0. The highest BCUT2D eigenvalue weighted by Crippen LogP contribution is 2.36. The number of carbonyl (C=O) groups is 2. The summed E-state index contributed by atoms with van der Waals surface area (Å²) in [6, 6.07) is 0. The molecule has 0 aromatic heterocycles.